The number of hydrogen-bond acceptors (Lipinski definition) is 3. The monoisotopic (exact) mass is 317 g/mol. The van der Waals surface area contributed by atoms with Gasteiger partial charge in [-0.3, -0.25) is 4.79 Å². The van der Waals surface area contributed by atoms with Crippen molar-refractivity contribution in [2.75, 3.05) is 6.54 Å². The quantitative estimate of drug-likeness (QED) is 0.848. The number of benzene rings is 1. The second-order valence-corrected chi connectivity index (χ2v) is 6.59. The van der Waals surface area contributed by atoms with Gasteiger partial charge >= 0.3 is 0 Å². The third kappa shape index (κ3) is 2.29. The highest BCUT2D eigenvalue weighted by molar-refractivity contribution is 7.07. The van der Waals surface area contributed by atoms with Crippen LogP contribution in [0.15, 0.2) is 35.0 Å². The number of thiophene rings is 1. The Morgan fingerprint density at radius 3 is 3.09 bits per heavy atom. The molecule has 0 unspecified atom stereocenters. The van der Waals surface area contributed by atoms with E-state index in [-0.39, 0.29) is 17.8 Å². The van der Waals surface area contributed by atoms with Crippen molar-refractivity contribution >= 4 is 17.2 Å². The van der Waals surface area contributed by atoms with Gasteiger partial charge < -0.3 is 9.64 Å². The predicted octanol–water partition coefficient (Wildman–Crippen LogP) is 3.55. The fraction of sp³-hybridized carbons (Fsp3) is 0.353. The molecule has 5 heteroatoms. The minimum atomic E-state index is -0.518. The van der Waals surface area contributed by atoms with Crippen LogP contribution in [0.1, 0.15) is 30.0 Å². The molecule has 114 valence electrons. The second-order valence-electron chi connectivity index (χ2n) is 5.81. The van der Waals surface area contributed by atoms with E-state index < -0.39 is 6.10 Å². The Kier molecular flexibility index (Phi) is 3.37. The van der Waals surface area contributed by atoms with E-state index in [1.54, 1.807) is 17.4 Å². The molecule has 1 saturated heterocycles. The normalized spacial score (nSPS) is 23.4. The number of nitrogens with zero attached hydrogens (tertiary/aromatic N) is 1. The Bertz CT molecular complexity index is 701. The summed E-state index contributed by atoms with van der Waals surface area (Å²) >= 11 is 1.65. The van der Waals surface area contributed by atoms with E-state index in [0.29, 0.717) is 12.2 Å². The first-order valence-electron chi connectivity index (χ1n) is 7.50. The molecule has 1 aromatic heterocycles. The molecule has 3 nitrogen and oxygen atoms in total. The van der Waals surface area contributed by atoms with Gasteiger partial charge in [-0.1, -0.05) is 0 Å². The molecule has 1 aromatic carbocycles. The number of likely N-dealkylation sites (tertiary alicyclic amines) is 1. The van der Waals surface area contributed by atoms with Crippen LogP contribution in [0.3, 0.4) is 0 Å². The number of amides is 1. The average molecular weight is 317 g/mol. The summed E-state index contributed by atoms with van der Waals surface area (Å²) in [6.07, 6.45) is 1.95. The third-order valence-corrected chi connectivity index (χ3v) is 5.14. The molecule has 3 heterocycles. The van der Waals surface area contributed by atoms with Crippen LogP contribution in [-0.4, -0.2) is 23.5 Å². The standard InChI is InChI=1S/C17H16FNO2S/c18-13-3-4-15-12(8-13)9-16(21-15)17(20)19-6-1-2-14(19)11-5-7-22-10-11/h3-5,7-8,10,14,16H,1-2,6,9H2/t14-,16+/m0/s1. The van der Waals surface area contributed by atoms with Gasteiger partial charge in [0.15, 0.2) is 6.10 Å². The van der Waals surface area contributed by atoms with E-state index in [9.17, 15) is 9.18 Å². The summed E-state index contributed by atoms with van der Waals surface area (Å²) in [4.78, 5) is 14.7. The van der Waals surface area contributed by atoms with Crippen LogP contribution < -0.4 is 4.74 Å². The maximum Gasteiger partial charge on any atom is 0.264 e. The average Bonchev–Trinajstić information content (AvgIpc) is 3.24. The summed E-state index contributed by atoms with van der Waals surface area (Å²) in [5.41, 5.74) is 1.99. The first-order chi connectivity index (χ1) is 10.7. The molecule has 1 fully saturated rings. The molecule has 0 bridgehead atoms. The number of halogens is 1. The summed E-state index contributed by atoms with van der Waals surface area (Å²) < 4.78 is 19.0. The van der Waals surface area contributed by atoms with Crippen molar-refractivity contribution in [3.8, 4) is 5.75 Å². The van der Waals surface area contributed by atoms with Crippen molar-refractivity contribution in [1.29, 1.82) is 0 Å². The van der Waals surface area contributed by atoms with Crippen LogP contribution in [-0.2, 0) is 11.2 Å². The molecule has 0 spiro atoms. The van der Waals surface area contributed by atoms with Crippen LogP contribution in [0.2, 0.25) is 0 Å². The van der Waals surface area contributed by atoms with E-state index >= 15 is 0 Å². The molecule has 1 amide bonds. The summed E-state index contributed by atoms with van der Waals surface area (Å²) in [6.45, 7) is 0.768. The highest BCUT2D eigenvalue weighted by atomic mass is 32.1. The van der Waals surface area contributed by atoms with E-state index in [1.165, 1.54) is 17.7 Å². The second kappa shape index (κ2) is 5.39. The predicted molar refractivity (Wildman–Crippen MR) is 82.5 cm³/mol. The molecule has 0 radical (unpaired) electrons. The fourth-order valence-electron chi connectivity index (χ4n) is 3.38. The van der Waals surface area contributed by atoms with Crippen LogP contribution in [0.25, 0.3) is 0 Å². The molecule has 4 rings (SSSR count). The summed E-state index contributed by atoms with van der Waals surface area (Å²) in [5, 5.41) is 4.15. The van der Waals surface area contributed by atoms with Crippen molar-refractivity contribution in [2.24, 2.45) is 0 Å². The van der Waals surface area contributed by atoms with Gasteiger partial charge in [-0.2, -0.15) is 11.3 Å². The maximum absolute atomic E-state index is 13.3. The van der Waals surface area contributed by atoms with Crippen molar-refractivity contribution in [1.82, 2.24) is 4.90 Å². The molecule has 0 aliphatic carbocycles. The SMILES string of the molecule is O=C([C@H]1Cc2cc(F)ccc2O1)N1CCC[C@H]1c1ccsc1. The zero-order chi connectivity index (χ0) is 15.1. The number of carbonyl (C=O) groups is 1. The Hall–Kier alpha value is -1.88. The largest absolute Gasteiger partial charge is 0.480 e. The smallest absolute Gasteiger partial charge is 0.264 e. The van der Waals surface area contributed by atoms with Gasteiger partial charge in [0.1, 0.15) is 11.6 Å². The highest BCUT2D eigenvalue weighted by Crippen LogP contribution is 2.36. The van der Waals surface area contributed by atoms with E-state index in [0.717, 1.165) is 24.9 Å². The lowest BCUT2D eigenvalue weighted by molar-refractivity contribution is -0.138. The summed E-state index contributed by atoms with van der Waals surface area (Å²) in [6, 6.07) is 6.68. The molecule has 2 aromatic rings. The number of hydrogen-bond donors (Lipinski definition) is 0. The molecule has 2 aliphatic rings. The number of ether oxygens (including phenoxy) is 1. The minimum Gasteiger partial charge on any atom is -0.480 e. The van der Waals surface area contributed by atoms with Gasteiger partial charge in [-0.05, 0) is 53.4 Å². The third-order valence-electron chi connectivity index (χ3n) is 4.44. The Morgan fingerprint density at radius 1 is 1.36 bits per heavy atom. The first kappa shape index (κ1) is 13.8. The van der Waals surface area contributed by atoms with Gasteiger partial charge in [0.05, 0.1) is 6.04 Å². The molecule has 2 atom stereocenters. The van der Waals surface area contributed by atoms with Crippen LogP contribution >= 0.6 is 11.3 Å². The van der Waals surface area contributed by atoms with Crippen LogP contribution in [0.5, 0.6) is 5.75 Å². The van der Waals surface area contributed by atoms with Crippen LogP contribution in [0.4, 0.5) is 4.39 Å². The first-order valence-corrected chi connectivity index (χ1v) is 8.44. The lowest BCUT2D eigenvalue weighted by Gasteiger charge is -2.26. The van der Waals surface area contributed by atoms with Gasteiger partial charge in [-0.25, -0.2) is 4.39 Å². The topological polar surface area (TPSA) is 29.5 Å². The van der Waals surface area contributed by atoms with Gasteiger partial charge in [0.25, 0.3) is 5.91 Å². The highest BCUT2D eigenvalue weighted by Gasteiger charge is 2.38. The number of rotatable bonds is 2. The van der Waals surface area contributed by atoms with Crippen molar-refractivity contribution in [2.45, 2.75) is 31.4 Å². The summed E-state index contributed by atoms with van der Waals surface area (Å²) in [7, 11) is 0. The van der Waals surface area contributed by atoms with Crippen molar-refractivity contribution < 1.29 is 13.9 Å². The Labute approximate surface area is 132 Å². The lowest BCUT2D eigenvalue weighted by atomic mass is 10.1. The lowest BCUT2D eigenvalue weighted by Crippen LogP contribution is -2.40. The molecular weight excluding hydrogens is 301 g/mol. The summed E-state index contributed by atoms with van der Waals surface area (Å²) in [5.74, 6) is 0.365. The molecule has 0 saturated carbocycles. The molecule has 2 aliphatic heterocycles. The van der Waals surface area contributed by atoms with Gasteiger partial charge in [0, 0.05) is 18.5 Å². The Morgan fingerprint density at radius 2 is 2.27 bits per heavy atom. The van der Waals surface area contributed by atoms with Crippen molar-refractivity contribution in [3.63, 3.8) is 0 Å². The molecule has 22 heavy (non-hydrogen) atoms. The zero-order valence-corrected chi connectivity index (χ0v) is 12.8. The van der Waals surface area contributed by atoms with E-state index in [4.69, 9.17) is 4.74 Å². The molecular formula is C17H16FNO2S. The molecule has 0 N–H and O–H groups in total. The van der Waals surface area contributed by atoms with Gasteiger partial charge in [0.2, 0.25) is 0 Å². The van der Waals surface area contributed by atoms with Crippen molar-refractivity contribution in [3.05, 3.63) is 52.0 Å². The minimum absolute atomic E-state index is 0.0188. The van der Waals surface area contributed by atoms with Crippen LogP contribution in [0, 0.1) is 5.82 Å². The van der Waals surface area contributed by atoms with E-state index in [2.05, 4.69) is 11.4 Å². The number of fused-ring (bicyclic) bond motifs is 1. The maximum atomic E-state index is 13.3. The fourth-order valence-corrected chi connectivity index (χ4v) is 4.09. The number of carbonyl (C=O) groups excluding carboxylic acids is 1. The van der Waals surface area contributed by atoms with E-state index in [1.807, 2.05) is 10.3 Å². The zero-order valence-electron chi connectivity index (χ0n) is 12.0. The van der Waals surface area contributed by atoms with Gasteiger partial charge in [-0.15, -0.1) is 0 Å². The Balaban J connectivity index is 1.53.